The van der Waals surface area contributed by atoms with Crippen molar-refractivity contribution in [2.75, 3.05) is 9.80 Å². The third-order valence-corrected chi connectivity index (χ3v) is 13.2. The van der Waals surface area contributed by atoms with Gasteiger partial charge in [0.1, 0.15) is 0 Å². The molecule has 12 rings (SSSR count). The Kier molecular flexibility index (Phi) is 7.74. The van der Waals surface area contributed by atoms with Gasteiger partial charge in [-0.2, -0.15) is 0 Å². The zero-order valence-electron chi connectivity index (χ0n) is 32.9. The molecule has 2 heteroatoms. The van der Waals surface area contributed by atoms with Gasteiger partial charge in [-0.05, 0) is 135 Å². The van der Waals surface area contributed by atoms with E-state index in [4.69, 9.17) is 0 Å². The third kappa shape index (κ3) is 5.47. The molecule has 280 valence electrons. The SMILES string of the molecule is C1=CC2=C(CC1)N(c1ccc(/C=C/c3ccc4c(c3)C3(Cc5ccccc5C3)c3cc(N5c6ccccc6C=Cc6ccccc65)ccc3-4)cc1)c1ccccc1C=C2. The van der Waals surface area contributed by atoms with Crippen LogP contribution in [-0.4, -0.2) is 0 Å². The number of allylic oxidation sites excluding steroid dienone is 5. The van der Waals surface area contributed by atoms with Gasteiger partial charge in [-0.3, -0.25) is 0 Å². The highest BCUT2D eigenvalue weighted by atomic mass is 15.2. The van der Waals surface area contributed by atoms with Crippen molar-refractivity contribution in [2.45, 2.75) is 31.1 Å². The summed E-state index contributed by atoms with van der Waals surface area (Å²) in [4.78, 5) is 4.93. The molecule has 0 bridgehead atoms. The lowest BCUT2D eigenvalue weighted by atomic mass is 9.75. The molecule has 0 fully saturated rings. The molecular weight excluding hydrogens is 713 g/mol. The van der Waals surface area contributed by atoms with Gasteiger partial charge >= 0.3 is 0 Å². The van der Waals surface area contributed by atoms with Crippen LogP contribution in [0.1, 0.15) is 62.9 Å². The van der Waals surface area contributed by atoms with Crippen molar-refractivity contribution in [3.8, 4) is 11.1 Å². The standard InChI is InChI=1S/C57H42N2/c1-2-16-46-38-57(37-45(46)15-1)51-35-40(22-21-39-23-30-47(31-24-39)58-53-17-7-3-11-41(53)26-27-42-12-4-8-18-54(42)58)25-33-49(51)50-34-32-48(36-52(50)57)59-55-19-9-5-13-43(55)28-29-44-14-6-10-20-56(44)59/h1-7,9-17,19-36H,8,18,37-38H2/b22-21+. The van der Waals surface area contributed by atoms with Crippen molar-refractivity contribution in [1.82, 2.24) is 0 Å². The molecule has 5 aliphatic rings. The number of rotatable bonds is 4. The average Bonchev–Trinajstić information content (AvgIpc) is 3.67. The minimum Gasteiger partial charge on any atom is -0.313 e. The maximum Gasteiger partial charge on any atom is 0.0534 e. The van der Waals surface area contributed by atoms with Gasteiger partial charge in [-0.15, -0.1) is 0 Å². The van der Waals surface area contributed by atoms with Crippen molar-refractivity contribution in [1.29, 1.82) is 0 Å². The summed E-state index contributed by atoms with van der Waals surface area (Å²) < 4.78 is 0. The molecule has 0 saturated heterocycles. The molecule has 2 heterocycles. The number of nitrogens with zero attached hydrogens (tertiary/aromatic N) is 2. The van der Waals surface area contributed by atoms with E-state index in [0.29, 0.717) is 0 Å². The molecule has 2 aliphatic heterocycles. The number of hydrogen-bond donors (Lipinski definition) is 0. The van der Waals surface area contributed by atoms with E-state index in [1.807, 2.05) is 0 Å². The Balaban J connectivity index is 0.913. The topological polar surface area (TPSA) is 6.48 Å². The van der Waals surface area contributed by atoms with Gasteiger partial charge in [0.2, 0.25) is 0 Å². The van der Waals surface area contributed by atoms with Crippen LogP contribution in [0.4, 0.5) is 28.4 Å². The van der Waals surface area contributed by atoms with Crippen molar-refractivity contribution in [3.63, 3.8) is 0 Å². The Morgan fingerprint density at radius 2 is 0.966 bits per heavy atom. The third-order valence-electron chi connectivity index (χ3n) is 13.2. The van der Waals surface area contributed by atoms with Crippen molar-refractivity contribution >= 4 is 58.8 Å². The molecule has 7 aromatic rings. The fourth-order valence-electron chi connectivity index (χ4n) is 10.4. The van der Waals surface area contributed by atoms with Gasteiger partial charge in [0.05, 0.1) is 17.1 Å². The molecule has 2 nitrogen and oxygen atoms in total. The van der Waals surface area contributed by atoms with E-state index in [9.17, 15) is 0 Å². The molecule has 3 aliphatic carbocycles. The lowest BCUT2D eigenvalue weighted by Crippen LogP contribution is -2.26. The smallest absolute Gasteiger partial charge is 0.0534 e. The zero-order valence-corrected chi connectivity index (χ0v) is 32.9. The molecule has 0 radical (unpaired) electrons. The normalized spacial score (nSPS) is 16.3. The van der Waals surface area contributed by atoms with E-state index >= 15 is 0 Å². The Labute approximate surface area is 346 Å². The van der Waals surface area contributed by atoms with Crippen molar-refractivity contribution < 1.29 is 0 Å². The molecule has 0 unspecified atom stereocenters. The monoisotopic (exact) mass is 754 g/mol. The van der Waals surface area contributed by atoms with E-state index in [1.54, 1.807) is 0 Å². The number of hydrogen-bond acceptors (Lipinski definition) is 2. The van der Waals surface area contributed by atoms with Gasteiger partial charge < -0.3 is 9.80 Å². The molecule has 1 spiro atoms. The summed E-state index contributed by atoms with van der Waals surface area (Å²) in [5.41, 5.74) is 23.2. The van der Waals surface area contributed by atoms with Gasteiger partial charge in [-0.25, -0.2) is 0 Å². The summed E-state index contributed by atoms with van der Waals surface area (Å²) in [5.74, 6) is 0. The Morgan fingerprint density at radius 3 is 1.64 bits per heavy atom. The highest BCUT2D eigenvalue weighted by Crippen LogP contribution is 2.57. The van der Waals surface area contributed by atoms with Crippen molar-refractivity contribution in [3.05, 3.63) is 237 Å². The van der Waals surface area contributed by atoms with Crippen LogP contribution in [0.15, 0.2) is 187 Å². The summed E-state index contributed by atoms with van der Waals surface area (Å²) in [6, 6.07) is 58.9. The minimum atomic E-state index is -0.140. The van der Waals surface area contributed by atoms with E-state index in [-0.39, 0.29) is 5.41 Å². The number of fused-ring (bicyclic) bond motifs is 9. The molecule has 7 aromatic carbocycles. The Morgan fingerprint density at radius 1 is 0.441 bits per heavy atom. The second-order valence-corrected chi connectivity index (χ2v) is 16.5. The largest absolute Gasteiger partial charge is 0.313 e. The van der Waals surface area contributed by atoms with Crippen LogP contribution in [0, 0.1) is 0 Å². The first kappa shape index (κ1) is 33.9. The second kappa shape index (κ2) is 13.5. The van der Waals surface area contributed by atoms with E-state index in [2.05, 4.69) is 216 Å². The summed E-state index contributed by atoms with van der Waals surface area (Å²) in [5, 5.41) is 0. The van der Waals surface area contributed by atoms with Crippen LogP contribution in [0.25, 0.3) is 41.5 Å². The lowest BCUT2D eigenvalue weighted by Gasteiger charge is -2.31. The van der Waals surface area contributed by atoms with Gasteiger partial charge in [0.15, 0.2) is 0 Å². The first-order chi connectivity index (χ1) is 29.2. The zero-order chi connectivity index (χ0) is 38.9. The van der Waals surface area contributed by atoms with E-state index in [1.165, 1.54) is 101 Å². The lowest BCUT2D eigenvalue weighted by molar-refractivity contribution is 0.563. The van der Waals surface area contributed by atoms with Crippen LogP contribution in [-0.2, 0) is 18.3 Å². The predicted molar refractivity (Wildman–Crippen MR) is 249 cm³/mol. The predicted octanol–water partition coefficient (Wildman–Crippen LogP) is 14.6. The Hall–Kier alpha value is -7.16. The first-order valence-corrected chi connectivity index (χ1v) is 21.0. The van der Waals surface area contributed by atoms with E-state index < -0.39 is 0 Å². The minimum absolute atomic E-state index is 0.140. The molecule has 0 atom stereocenters. The van der Waals surface area contributed by atoms with Gasteiger partial charge in [0.25, 0.3) is 0 Å². The molecule has 0 aromatic heterocycles. The number of para-hydroxylation sites is 3. The van der Waals surface area contributed by atoms with E-state index in [0.717, 1.165) is 25.7 Å². The fraction of sp³-hybridized carbons (Fsp3) is 0.0877. The van der Waals surface area contributed by atoms with Gasteiger partial charge in [-0.1, -0.05) is 164 Å². The van der Waals surface area contributed by atoms with Gasteiger partial charge in [0, 0.05) is 22.5 Å². The number of anilines is 5. The summed E-state index contributed by atoms with van der Waals surface area (Å²) in [6.07, 6.45) is 22.3. The maximum absolute atomic E-state index is 2.51. The molecule has 0 amide bonds. The molecular formula is C57H42N2. The molecule has 0 N–H and O–H groups in total. The van der Waals surface area contributed by atoms with Crippen LogP contribution in [0.3, 0.4) is 0 Å². The highest BCUT2D eigenvalue weighted by molar-refractivity contribution is 5.95. The van der Waals surface area contributed by atoms with Crippen LogP contribution < -0.4 is 9.80 Å². The Bertz CT molecular complexity index is 2930. The molecule has 0 saturated carbocycles. The van der Waals surface area contributed by atoms with Crippen molar-refractivity contribution in [2.24, 2.45) is 0 Å². The highest BCUT2D eigenvalue weighted by Gasteiger charge is 2.47. The maximum atomic E-state index is 2.51. The summed E-state index contributed by atoms with van der Waals surface area (Å²) in [6.45, 7) is 0. The average molecular weight is 755 g/mol. The van der Waals surface area contributed by atoms with Crippen LogP contribution >= 0.6 is 0 Å². The van der Waals surface area contributed by atoms with Crippen LogP contribution in [0.5, 0.6) is 0 Å². The first-order valence-electron chi connectivity index (χ1n) is 21.0. The summed E-state index contributed by atoms with van der Waals surface area (Å²) in [7, 11) is 0. The molecule has 59 heavy (non-hydrogen) atoms. The van der Waals surface area contributed by atoms with Crippen LogP contribution in [0.2, 0.25) is 0 Å². The quantitative estimate of drug-likeness (QED) is 0.165. The number of benzene rings is 7. The second-order valence-electron chi connectivity index (χ2n) is 16.5. The fourth-order valence-corrected chi connectivity index (χ4v) is 10.4. The summed E-state index contributed by atoms with van der Waals surface area (Å²) >= 11 is 0.